The number of para-hydroxylation sites is 1. The molecule has 0 aliphatic rings. The van der Waals surface area contributed by atoms with E-state index in [1.807, 2.05) is 54.6 Å². The summed E-state index contributed by atoms with van der Waals surface area (Å²) in [5.74, 6) is -3.39. The first-order valence-corrected chi connectivity index (χ1v) is 15.8. The number of rotatable bonds is 17. The van der Waals surface area contributed by atoms with E-state index >= 15 is 0 Å². The van der Waals surface area contributed by atoms with Crippen molar-refractivity contribution in [3.63, 3.8) is 0 Å². The Kier molecular flexibility index (Phi) is 12.7. The van der Waals surface area contributed by atoms with Crippen LogP contribution in [0.15, 0.2) is 90.1 Å². The summed E-state index contributed by atoms with van der Waals surface area (Å²) in [5, 5.41) is 28.4. The lowest BCUT2D eigenvalue weighted by molar-refractivity contribution is -0.142. The largest absolute Gasteiger partial charge is 0.508 e. The predicted molar refractivity (Wildman–Crippen MR) is 185 cm³/mol. The number of nitrogens with two attached hydrogens (primary N) is 3. The molecular formula is C35H42N8O6. The average Bonchev–Trinajstić information content (AvgIpc) is 3.49. The molecule has 4 atom stereocenters. The number of aromatic hydroxyl groups is 1. The van der Waals surface area contributed by atoms with Crippen molar-refractivity contribution in [1.82, 2.24) is 20.9 Å². The molecule has 4 aromatic rings. The Balaban J connectivity index is 1.57. The molecule has 0 fully saturated rings. The van der Waals surface area contributed by atoms with Crippen LogP contribution >= 0.6 is 0 Å². The Morgan fingerprint density at radius 2 is 1.33 bits per heavy atom. The van der Waals surface area contributed by atoms with Gasteiger partial charge in [-0.15, -0.1) is 0 Å². The molecule has 0 bridgehead atoms. The number of nitrogens with one attached hydrogen (secondary N) is 4. The number of hydrogen-bond acceptors (Lipinski definition) is 7. The number of carbonyl (C=O) groups is 4. The number of aromatic nitrogens is 1. The average molecular weight is 671 g/mol. The van der Waals surface area contributed by atoms with E-state index in [1.165, 1.54) is 12.1 Å². The fourth-order valence-corrected chi connectivity index (χ4v) is 5.35. The molecular weight excluding hydrogens is 628 g/mol. The Morgan fingerprint density at radius 3 is 2.00 bits per heavy atom. The monoisotopic (exact) mass is 670 g/mol. The van der Waals surface area contributed by atoms with Gasteiger partial charge in [0.15, 0.2) is 5.96 Å². The van der Waals surface area contributed by atoms with Crippen LogP contribution in [0.2, 0.25) is 0 Å². The molecule has 0 radical (unpaired) electrons. The third-order valence-electron chi connectivity index (χ3n) is 7.94. The van der Waals surface area contributed by atoms with E-state index in [1.54, 1.807) is 18.3 Å². The maximum Gasteiger partial charge on any atom is 0.326 e. The minimum Gasteiger partial charge on any atom is -0.508 e. The Morgan fingerprint density at radius 1 is 0.735 bits per heavy atom. The number of carboxylic acids is 1. The molecule has 258 valence electrons. The van der Waals surface area contributed by atoms with Crippen molar-refractivity contribution in [3.05, 3.63) is 102 Å². The van der Waals surface area contributed by atoms with Gasteiger partial charge in [0.25, 0.3) is 0 Å². The lowest BCUT2D eigenvalue weighted by atomic mass is 10.0. The lowest BCUT2D eigenvalue weighted by Gasteiger charge is -2.25. The predicted octanol–water partition coefficient (Wildman–Crippen LogP) is 0.821. The fraction of sp³-hybridized carbons (Fsp3) is 0.286. The number of phenolic OH excluding ortho intramolecular Hbond substituents is 1. The lowest BCUT2D eigenvalue weighted by Crippen LogP contribution is -2.58. The number of carboxylic acid groups (broad SMARTS) is 1. The Hall–Kier alpha value is -5.89. The van der Waals surface area contributed by atoms with E-state index < -0.39 is 47.9 Å². The van der Waals surface area contributed by atoms with E-state index in [-0.39, 0.29) is 50.4 Å². The normalized spacial score (nSPS) is 13.4. The second kappa shape index (κ2) is 17.3. The molecule has 1 aromatic heterocycles. The number of fused-ring (bicyclic) bond motifs is 1. The number of carbonyl (C=O) groups excluding carboxylic acids is 3. The van der Waals surface area contributed by atoms with Crippen LogP contribution in [0.25, 0.3) is 10.9 Å². The smallest absolute Gasteiger partial charge is 0.326 e. The van der Waals surface area contributed by atoms with Gasteiger partial charge in [-0.2, -0.15) is 0 Å². The minimum atomic E-state index is -1.29. The van der Waals surface area contributed by atoms with Crippen LogP contribution in [0.1, 0.15) is 29.5 Å². The van der Waals surface area contributed by atoms with Crippen molar-refractivity contribution >= 4 is 40.6 Å². The highest BCUT2D eigenvalue weighted by Gasteiger charge is 2.31. The quantitative estimate of drug-likeness (QED) is 0.0437. The molecule has 4 rings (SSSR count). The Labute approximate surface area is 283 Å². The molecule has 3 amide bonds. The van der Waals surface area contributed by atoms with Crippen molar-refractivity contribution < 1.29 is 29.4 Å². The van der Waals surface area contributed by atoms with E-state index in [0.29, 0.717) is 5.56 Å². The van der Waals surface area contributed by atoms with Crippen molar-refractivity contribution in [3.8, 4) is 5.75 Å². The molecule has 0 saturated carbocycles. The van der Waals surface area contributed by atoms with Gasteiger partial charge in [-0.05, 0) is 54.2 Å². The zero-order chi connectivity index (χ0) is 35.3. The zero-order valence-electron chi connectivity index (χ0n) is 26.8. The van der Waals surface area contributed by atoms with Crippen molar-refractivity contribution in [1.29, 1.82) is 0 Å². The first-order valence-electron chi connectivity index (χ1n) is 15.8. The molecule has 3 aromatic carbocycles. The van der Waals surface area contributed by atoms with Crippen LogP contribution in [-0.4, -0.2) is 75.6 Å². The summed E-state index contributed by atoms with van der Waals surface area (Å²) < 4.78 is 0. The van der Waals surface area contributed by atoms with Crippen LogP contribution in [0.3, 0.4) is 0 Å². The molecule has 12 N–H and O–H groups in total. The SMILES string of the molecule is NC(N)=NCCCC(NC(=O)C(Cc1ccc(O)cc1)NC(=O)C(Cc1c[nH]c2ccccc12)NC(=O)C(N)Cc1ccccc1)C(=O)O. The number of nitrogens with zero attached hydrogens (tertiary/aromatic N) is 1. The summed E-state index contributed by atoms with van der Waals surface area (Å²) in [6.07, 6.45) is 2.30. The van der Waals surface area contributed by atoms with Crippen LogP contribution in [0.4, 0.5) is 0 Å². The van der Waals surface area contributed by atoms with Gasteiger partial charge in [0.1, 0.15) is 23.9 Å². The van der Waals surface area contributed by atoms with Crippen molar-refractivity contribution in [2.24, 2.45) is 22.2 Å². The van der Waals surface area contributed by atoms with E-state index in [0.717, 1.165) is 22.0 Å². The topological polar surface area (TPSA) is 251 Å². The summed E-state index contributed by atoms with van der Waals surface area (Å²) in [5.41, 5.74) is 20.0. The summed E-state index contributed by atoms with van der Waals surface area (Å²) in [7, 11) is 0. The second-order valence-corrected chi connectivity index (χ2v) is 11.7. The number of aliphatic imine (C=N–C) groups is 1. The van der Waals surface area contributed by atoms with Gasteiger partial charge in [-0.1, -0.05) is 60.7 Å². The molecule has 14 heteroatoms. The van der Waals surface area contributed by atoms with Gasteiger partial charge in [0.05, 0.1) is 6.04 Å². The minimum absolute atomic E-state index is 0.00819. The van der Waals surface area contributed by atoms with Gasteiger partial charge in [-0.25, -0.2) is 4.79 Å². The zero-order valence-corrected chi connectivity index (χ0v) is 26.8. The van der Waals surface area contributed by atoms with Crippen LogP contribution < -0.4 is 33.2 Å². The first kappa shape index (κ1) is 36.0. The highest BCUT2D eigenvalue weighted by Crippen LogP contribution is 2.20. The Bertz CT molecular complexity index is 1750. The van der Waals surface area contributed by atoms with Gasteiger partial charge in [-0.3, -0.25) is 19.4 Å². The number of hydrogen-bond donors (Lipinski definition) is 9. The highest BCUT2D eigenvalue weighted by atomic mass is 16.4. The van der Waals surface area contributed by atoms with Gasteiger partial charge >= 0.3 is 5.97 Å². The molecule has 1 heterocycles. The molecule has 4 unspecified atom stereocenters. The van der Waals surface area contributed by atoms with E-state index in [4.69, 9.17) is 17.2 Å². The second-order valence-electron chi connectivity index (χ2n) is 11.7. The number of amides is 3. The summed E-state index contributed by atoms with van der Waals surface area (Å²) in [6, 6.07) is 18.1. The number of aliphatic carboxylic acids is 1. The number of phenols is 1. The van der Waals surface area contributed by atoms with Crippen LogP contribution in [0, 0.1) is 0 Å². The van der Waals surface area contributed by atoms with Crippen LogP contribution in [0.5, 0.6) is 5.75 Å². The molecule has 0 saturated heterocycles. The highest BCUT2D eigenvalue weighted by molar-refractivity contribution is 5.95. The number of benzene rings is 3. The summed E-state index contributed by atoms with van der Waals surface area (Å²) in [4.78, 5) is 60.1. The summed E-state index contributed by atoms with van der Waals surface area (Å²) in [6.45, 7) is 0.164. The molecule has 0 aliphatic heterocycles. The third kappa shape index (κ3) is 10.8. The van der Waals surface area contributed by atoms with Gasteiger partial charge in [0.2, 0.25) is 17.7 Å². The maximum absolute atomic E-state index is 14.0. The van der Waals surface area contributed by atoms with Gasteiger partial charge in [0, 0.05) is 36.5 Å². The van der Waals surface area contributed by atoms with E-state index in [9.17, 15) is 29.4 Å². The molecule has 49 heavy (non-hydrogen) atoms. The summed E-state index contributed by atoms with van der Waals surface area (Å²) >= 11 is 0. The number of aromatic amines is 1. The fourth-order valence-electron chi connectivity index (χ4n) is 5.35. The van der Waals surface area contributed by atoms with Gasteiger partial charge < -0.3 is 48.3 Å². The molecule has 0 aliphatic carbocycles. The van der Waals surface area contributed by atoms with Crippen molar-refractivity contribution in [2.75, 3.05) is 6.54 Å². The first-order chi connectivity index (χ1) is 23.5. The number of guanidine groups is 1. The molecule has 14 nitrogen and oxygen atoms in total. The van der Waals surface area contributed by atoms with Crippen molar-refractivity contribution in [2.45, 2.75) is 56.3 Å². The third-order valence-corrected chi connectivity index (χ3v) is 7.94. The molecule has 0 spiro atoms. The standard InChI is InChI=1S/C35H42N8O6/c36-26(17-21-7-2-1-3-8-21)31(45)42-30(19-23-20-40-27-10-5-4-9-25(23)27)33(47)43-29(18-22-12-14-24(44)15-13-22)32(46)41-28(34(48)49)11-6-16-39-35(37)38/h1-5,7-10,12-15,20,26,28-30,40,44H,6,11,16-19,36H2,(H,41,46)(H,42,45)(H,43,47)(H,48,49)(H4,37,38,39). The van der Waals surface area contributed by atoms with E-state index in [2.05, 4.69) is 25.9 Å². The maximum atomic E-state index is 14.0. The number of H-pyrrole nitrogens is 1. The van der Waals surface area contributed by atoms with Crippen LogP contribution in [-0.2, 0) is 38.4 Å².